The van der Waals surface area contributed by atoms with Crippen molar-refractivity contribution in [2.45, 2.75) is 39.2 Å². The monoisotopic (exact) mass is 262 g/mol. The molecule has 1 aromatic rings. The minimum Gasteiger partial charge on any atom is -0.479 e. The van der Waals surface area contributed by atoms with E-state index in [1.165, 1.54) is 5.56 Å². The maximum Gasteiger partial charge on any atom is 0.267 e. The van der Waals surface area contributed by atoms with Gasteiger partial charge in [-0.3, -0.25) is 4.79 Å². The molecule has 0 radical (unpaired) electrons. The van der Waals surface area contributed by atoms with Crippen molar-refractivity contribution >= 4 is 11.6 Å². The van der Waals surface area contributed by atoms with Crippen molar-refractivity contribution in [3.05, 3.63) is 23.8 Å². The molecule has 0 fully saturated rings. The van der Waals surface area contributed by atoms with Crippen molar-refractivity contribution in [2.24, 2.45) is 5.73 Å². The van der Waals surface area contributed by atoms with Crippen LogP contribution in [0.4, 0.5) is 5.69 Å². The smallest absolute Gasteiger partial charge is 0.267 e. The Labute approximate surface area is 114 Å². The molecule has 1 heterocycles. The van der Waals surface area contributed by atoms with Gasteiger partial charge in [0.15, 0.2) is 6.10 Å². The third-order valence-electron chi connectivity index (χ3n) is 3.48. The van der Waals surface area contributed by atoms with E-state index in [0.717, 1.165) is 30.7 Å². The molecule has 4 nitrogen and oxygen atoms in total. The van der Waals surface area contributed by atoms with Crippen LogP contribution < -0.4 is 15.4 Å². The SMILES string of the molecule is CCc1ccc2c(c1)N(CCCCN)C(=O)C(C)O2. The summed E-state index contributed by atoms with van der Waals surface area (Å²) >= 11 is 0. The zero-order valence-electron chi connectivity index (χ0n) is 11.7. The number of carbonyl (C=O) groups excluding carboxylic acids is 1. The van der Waals surface area contributed by atoms with Gasteiger partial charge in [-0.25, -0.2) is 0 Å². The zero-order valence-corrected chi connectivity index (χ0v) is 11.7. The Morgan fingerprint density at radius 3 is 2.84 bits per heavy atom. The lowest BCUT2D eigenvalue weighted by Gasteiger charge is -2.33. The fourth-order valence-corrected chi connectivity index (χ4v) is 2.32. The van der Waals surface area contributed by atoms with Crippen molar-refractivity contribution in [3.63, 3.8) is 0 Å². The molecule has 104 valence electrons. The molecular formula is C15H22N2O2. The lowest BCUT2D eigenvalue weighted by molar-refractivity contribution is -0.125. The molecule has 1 aliphatic rings. The first-order valence-electron chi connectivity index (χ1n) is 6.98. The average molecular weight is 262 g/mol. The number of hydrogen-bond donors (Lipinski definition) is 1. The van der Waals surface area contributed by atoms with E-state index in [9.17, 15) is 4.79 Å². The minimum absolute atomic E-state index is 0.0396. The predicted molar refractivity (Wildman–Crippen MR) is 76.6 cm³/mol. The van der Waals surface area contributed by atoms with Crippen molar-refractivity contribution in [1.82, 2.24) is 0 Å². The van der Waals surface area contributed by atoms with Crippen molar-refractivity contribution < 1.29 is 9.53 Å². The summed E-state index contributed by atoms with van der Waals surface area (Å²) in [5.41, 5.74) is 7.64. The number of carbonyl (C=O) groups is 1. The van der Waals surface area contributed by atoms with Crippen LogP contribution in [0.5, 0.6) is 5.75 Å². The van der Waals surface area contributed by atoms with Crippen molar-refractivity contribution in [3.8, 4) is 5.75 Å². The lowest BCUT2D eigenvalue weighted by atomic mass is 10.1. The Balaban J connectivity index is 2.27. The minimum atomic E-state index is -0.405. The molecule has 1 aliphatic heterocycles. The van der Waals surface area contributed by atoms with Crippen LogP contribution in [0, 0.1) is 0 Å². The number of hydrogen-bond acceptors (Lipinski definition) is 3. The van der Waals surface area contributed by atoms with Gasteiger partial charge < -0.3 is 15.4 Å². The maximum absolute atomic E-state index is 12.3. The predicted octanol–water partition coefficient (Wildman–Crippen LogP) is 2.10. The normalized spacial score (nSPS) is 18.2. The summed E-state index contributed by atoms with van der Waals surface area (Å²) in [5.74, 6) is 0.842. The number of fused-ring (bicyclic) bond motifs is 1. The van der Waals surface area contributed by atoms with Crippen LogP contribution >= 0.6 is 0 Å². The fourth-order valence-electron chi connectivity index (χ4n) is 2.32. The van der Waals surface area contributed by atoms with Crippen LogP contribution in [0.1, 0.15) is 32.3 Å². The Hall–Kier alpha value is -1.55. The largest absolute Gasteiger partial charge is 0.479 e. The van der Waals surface area contributed by atoms with Gasteiger partial charge in [0.2, 0.25) is 0 Å². The van der Waals surface area contributed by atoms with Crippen molar-refractivity contribution in [1.29, 1.82) is 0 Å². The molecule has 1 atom stereocenters. The van der Waals surface area contributed by atoms with Crippen LogP contribution in [0.15, 0.2) is 18.2 Å². The summed E-state index contributed by atoms with van der Waals surface area (Å²) in [4.78, 5) is 14.1. The van der Waals surface area contributed by atoms with Crippen LogP contribution in [0.2, 0.25) is 0 Å². The second-order valence-electron chi connectivity index (χ2n) is 4.90. The quantitative estimate of drug-likeness (QED) is 0.827. The molecular weight excluding hydrogens is 240 g/mol. The van der Waals surface area contributed by atoms with Gasteiger partial charge >= 0.3 is 0 Å². The highest BCUT2D eigenvalue weighted by atomic mass is 16.5. The van der Waals surface area contributed by atoms with Gasteiger partial charge in [0.25, 0.3) is 5.91 Å². The standard InChI is InChI=1S/C15H22N2O2/c1-3-12-6-7-14-13(10-12)17(9-5-4-8-16)15(18)11(2)19-14/h6-7,10-11H,3-5,8-9,16H2,1-2H3. The van der Waals surface area contributed by atoms with E-state index >= 15 is 0 Å². The topological polar surface area (TPSA) is 55.6 Å². The van der Waals surface area contributed by atoms with Gasteiger partial charge in [0, 0.05) is 6.54 Å². The summed E-state index contributed by atoms with van der Waals surface area (Å²) in [7, 11) is 0. The number of aryl methyl sites for hydroxylation is 1. The second kappa shape index (κ2) is 6.06. The molecule has 1 amide bonds. The number of nitrogens with zero attached hydrogens (tertiary/aromatic N) is 1. The van der Waals surface area contributed by atoms with Gasteiger partial charge in [-0.2, -0.15) is 0 Å². The lowest BCUT2D eigenvalue weighted by Crippen LogP contribution is -2.45. The molecule has 1 aromatic carbocycles. The van der Waals surface area contributed by atoms with E-state index in [1.807, 2.05) is 11.0 Å². The molecule has 1 unspecified atom stereocenters. The highest BCUT2D eigenvalue weighted by Gasteiger charge is 2.30. The summed E-state index contributed by atoms with van der Waals surface area (Å²) in [5, 5.41) is 0. The zero-order chi connectivity index (χ0) is 13.8. The van der Waals surface area contributed by atoms with E-state index in [-0.39, 0.29) is 5.91 Å². The molecule has 4 heteroatoms. The molecule has 19 heavy (non-hydrogen) atoms. The fraction of sp³-hybridized carbons (Fsp3) is 0.533. The van der Waals surface area contributed by atoms with Crippen LogP contribution in [0.25, 0.3) is 0 Å². The van der Waals surface area contributed by atoms with Gasteiger partial charge in [-0.05, 0) is 50.4 Å². The van der Waals surface area contributed by atoms with Crippen LogP contribution in [-0.4, -0.2) is 25.1 Å². The van der Waals surface area contributed by atoms with Crippen LogP contribution in [0.3, 0.4) is 0 Å². The number of ether oxygens (including phenoxy) is 1. The Bertz CT molecular complexity index is 459. The Morgan fingerprint density at radius 1 is 1.37 bits per heavy atom. The molecule has 0 saturated heterocycles. The molecule has 2 N–H and O–H groups in total. The van der Waals surface area contributed by atoms with Crippen LogP contribution in [-0.2, 0) is 11.2 Å². The molecule has 0 aromatic heterocycles. The molecule has 0 saturated carbocycles. The summed E-state index contributed by atoms with van der Waals surface area (Å²) in [6.45, 7) is 5.28. The van der Waals surface area contributed by atoms with Crippen molar-refractivity contribution in [2.75, 3.05) is 18.0 Å². The van der Waals surface area contributed by atoms with E-state index in [0.29, 0.717) is 13.1 Å². The van der Waals surface area contributed by atoms with Gasteiger partial charge in [0.1, 0.15) is 5.75 Å². The number of rotatable bonds is 5. The number of anilines is 1. The number of benzene rings is 1. The molecule has 0 bridgehead atoms. The van der Waals surface area contributed by atoms with E-state index in [1.54, 1.807) is 6.92 Å². The first kappa shape index (κ1) is 13.9. The second-order valence-corrected chi connectivity index (χ2v) is 4.90. The summed E-state index contributed by atoms with van der Waals surface area (Å²) < 4.78 is 5.66. The van der Waals surface area contributed by atoms with E-state index in [2.05, 4.69) is 19.1 Å². The molecule has 2 rings (SSSR count). The summed E-state index contributed by atoms with van der Waals surface area (Å²) in [6, 6.07) is 6.08. The maximum atomic E-state index is 12.3. The number of unbranched alkanes of at least 4 members (excludes halogenated alkanes) is 1. The Kier molecular flexibility index (Phi) is 4.43. The third-order valence-corrected chi connectivity index (χ3v) is 3.48. The van der Waals surface area contributed by atoms with Gasteiger partial charge in [-0.1, -0.05) is 13.0 Å². The molecule has 0 spiro atoms. The summed E-state index contributed by atoms with van der Waals surface area (Å²) in [6.07, 6.45) is 2.40. The highest BCUT2D eigenvalue weighted by Crippen LogP contribution is 2.35. The first-order valence-corrected chi connectivity index (χ1v) is 6.98. The van der Waals surface area contributed by atoms with E-state index < -0.39 is 6.10 Å². The Morgan fingerprint density at radius 2 is 2.16 bits per heavy atom. The molecule has 0 aliphatic carbocycles. The van der Waals surface area contributed by atoms with Gasteiger partial charge in [0.05, 0.1) is 5.69 Å². The third kappa shape index (κ3) is 2.89. The van der Waals surface area contributed by atoms with Gasteiger partial charge in [-0.15, -0.1) is 0 Å². The number of amides is 1. The highest BCUT2D eigenvalue weighted by molar-refractivity contribution is 5.99. The average Bonchev–Trinajstić information content (AvgIpc) is 2.43. The van der Waals surface area contributed by atoms with E-state index in [4.69, 9.17) is 10.5 Å². The first-order chi connectivity index (χ1) is 9.17. The number of nitrogens with two attached hydrogens (primary N) is 1.